The van der Waals surface area contributed by atoms with Crippen molar-refractivity contribution in [1.82, 2.24) is 5.32 Å². The van der Waals surface area contributed by atoms with Crippen LogP contribution in [-0.4, -0.2) is 26.1 Å². The van der Waals surface area contributed by atoms with Crippen LogP contribution in [0.15, 0.2) is 30.9 Å². The average Bonchev–Trinajstić information content (AvgIpc) is 2.35. The summed E-state index contributed by atoms with van der Waals surface area (Å²) in [6, 6.07) is 5.09. The van der Waals surface area contributed by atoms with Gasteiger partial charge in [0, 0.05) is 24.5 Å². The zero-order valence-electron chi connectivity index (χ0n) is 10.3. The summed E-state index contributed by atoms with van der Waals surface area (Å²) in [7, 11) is 1.55. The summed E-state index contributed by atoms with van der Waals surface area (Å²) >= 11 is 5.87. The van der Waals surface area contributed by atoms with Gasteiger partial charge in [0.25, 0.3) is 0 Å². The number of amides is 1. The van der Waals surface area contributed by atoms with Crippen molar-refractivity contribution in [1.29, 1.82) is 0 Å². The number of hydrogen-bond donors (Lipinski definition) is 2. The largest absolute Gasteiger partial charge is 0.495 e. The van der Waals surface area contributed by atoms with Gasteiger partial charge in [-0.2, -0.15) is 0 Å². The molecule has 1 amide bonds. The molecule has 5 heteroatoms. The quantitative estimate of drug-likeness (QED) is 0.590. The van der Waals surface area contributed by atoms with Crippen LogP contribution >= 0.6 is 11.6 Å². The smallest absolute Gasteiger partial charge is 0.225 e. The van der Waals surface area contributed by atoms with Crippen molar-refractivity contribution in [3.63, 3.8) is 0 Å². The van der Waals surface area contributed by atoms with E-state index in [2.05, 4.69) is 17.2 Å². The maximum Gasteiger partial charge on any atom is 0.225 e. The van der Waals surface area contributed by atoms with Gasteiger partial charge in [0.05, 0.1) is 12.8 Å². The van der Waals surface area contributed by atoms with Gasteiger partial charge in [0.2, 0.25) is 5.91 Å². The van der Waals surface area contributed by atoms with E-state index in [0.717, 1.165) is 0 Å². The van der Waals surface area contributed by atoms with E-state index >= 15 is 0 Å². The molecule has 0 fully saturated rings. The maximum atomic E-state index is 11.7. The Morgan fingerprint density at radius 3 is 3.00 bits per heavy atom. The summed E-state index contributed by atoms with van der Waals surface area (Å²) < 4.78 is 5.14. The fourth-order valence-corrected chi connectivity index (χ4v) is 1.57. The molecule has 0 bridgehead atoms. The number of carbonyl (C=O) groups is 1. The molecule has 1 aromatic carbocycles. The van der Waals surface area contributed by atoms with E-state index in [-0.39, 0.29) is 5.91 Å². The van der Waals surface area contributed by atoms with Crippen LogP contribution in [0.1, 0.15) is 6.42 Å². The van der Waals surface area contributed by atoms with Gasteiger partial charge in [-0.05, 0) is 18.2 Å². The third-order valence-corrected chi connectivity index (χ3v) is 2.49. The molecule has 0 atom stereocenters. The molecular weight excluding hydrogens is 252 g/mol. The molecule has 0 unspecified atom stereocenters. The van der Waals surface area contributed by atoms with E-state index in [1.54, 1.807) is 31.4 Å². The number of methoxy groups -OCH3 is 1. The van der Waals surface area contributed by atoms with Gasteiger partial charge in [-0.25, -0.2) is 0 Å². The Balaban J connectivity index is 2.52. The first-order chi connectivity index (χ1) is 8.67. The number of benzene rings is 1. The first kappa shape index (κ1) is 14.5. The zero-order chi connectivity index (χ0) is 13.4. The number of hydrogen-bond acceptors (Lipinski definition) is 3. The summed E-state index contributed by atoms with van der Waals surface area (Å²) in [5.41, 5.74) is 0.582. The maximum absolute atomic E-state index is 11.7. The molecule has 4 nitrogen and oxygen atoms in total. The van der Waals surface area contributed by atoms with Crippen LogP contribution in [0.25, 0.3) is 0 Å². The van der Waals surface area contributed by atoms with E-state index < -0.39 is 0 Å². The number of carbonyl (C=O) groups excluding carboxylic acids is 1. The first-order valence-electron chi connectivity index (χ1n) is 5.62. The van der Waals surface area contributed by atoms with Gasteiger partial charge < -0.3 is 15.4 Å². The molecule has 0 aliphatic heterocycles. The second kappa shape index (κ2) is 7.74. The summed E-state index contributed by atoms with van der Waals surface area (Å²) in [5.74, 6) is 0.499. The fraction of sp³-hybridized carbons (Fsp3) is 0.308. The Morgan fingerprint density at radius 1 is 1.56 bits per heavy atom. The van der Waals surface area contributed by atoms with Crippen molar-refractivity contribution < 1.29 is 9.53 Å². The highest BCUT2D eigenvalue weighted by atomic mass is 35.5. The van der Waals surface area contributed by atoms with Crippen LogP contribution in [0.3, 0.4) is 0 Å². The minimum absolute atomic E-state index is 0.0906. The summed E-state index contributed by atoms with van der Waals surface area (Å²) in [6.07, 6.45) is 2.13. The average molecular weight is 269 g/mol. The lowest BCUT2D eigenvalue weighted by Crippen LogP contribution is -2.21. The molecule has 0 saturated heterocycles. The van der Waals surface area contributed by atoms with Crippen molar-refractivity contribution in [2.24, 2.45) is 0 Å². The molecular formula is C13H17ClN2O2. The van der Waals surface area contributed by atoms with E-state index in [4.69, 9.17) is 16.3 Å². The van der Waals surface area contributed by atoms with E-state index in [0.29, 0.717) is 36.0 Å². The zero-order valence-corrected chi connectivity index (χ0v) is 11.1. The minimum Gasteiger partial charge on any atom is -0.495 e. The van der Waals surface area contributed by atoms with Crippen LogP contribution in [0.5, 0.6) is 5.75 Å². The third-order valence-electron chi connectivity index (χ3n) is 2.25. The molecule has 0 spiro atoms. The number of nitrogens with one attached hydrogen (secondary N) is 2. The Hall–Kier alpha value is -1.52. The van der Waals surface area contributed by atoms with Gasteiger partial charge in [-0.15, -0.1) is 6.58 Å². The molecule has 0 heterocycles. The van der Waals surface area contributed by atoms with Gasteiger partial charge in [0.1, 0.15) is 5.75 Å². The van der Waals surface area contributed by atoms with Gasteiger partial charge in [-0.1, -0.05) is 17.7 Å². The van der Waals surface area contributed by atoms with Crippen molar-refractivity contribution in [3.05, 3.63) is 35.9 Å². The van der Waals surface area contributed by atoms with Crippen LogP contribution in [-0.2, 0) is 4.79 Å². The first-order valence-corrected chi connectivity index (χ1v) is 6.00. The van der Waals surface area contributed by atoms with Crippen molar-refractivity contribution in [2.45, 2.75) is 6.42 Å². The monoisotopic (exact) mass is 268 g/mol. The Morgan fingerprint density at radius 2 is 2.33 bits per heavy atom. The predicted molar refractivity (Wildman–Crippen MR) is 74.3 cm³/mol. The van der Waals surface area contributed by atoms with Crippen molar-refractivity contribution >= 4 is 23.2 Å². The van der Waals surface area contributed by atoms with Gasteiger partial charge >= 0.3 is 0 Å². The predicted octanol–water partition coefficient (Wildman–Crippen LogP) is 2.45. The lowest BCUT2D eigenvalue weighted by atomic mass is 10.2. The molecule has 2 N–H and O–H groups in total. The number of anilines is 1. The Kier molecular flexibility index (Phi) is 6.25. The summed E-state index contributed by atoms with van der Waals surface area (Å²) in [6.45, 7) is 4.87. The van der Waals surface area contributed by atoms with Crippen LogP contribution < -0.4 is 15.4 Å². The molecule has 18 heavy (non-hydrogen) atoms. The Bertz CT molecular complexity index is 421. The summed E-state index contributed by atoms with van der Waals surface area (Å²) in [5, 5.41) is 6.37. The highest BCUT2D eigenvalue weighted by molar-refractivity contribution is 6.31. The second-order valence-corrected chi connectivity index (χ2v) is 4.07. The van der Waals surface area contributed by atoms with Crippen LogP contribution in [0, 0.1) is 0 Å². The van der Waals surface area contributed by atoms with E-state index in [1.807, 2.05) is 0 Å². The Labute approximate surface area is 112 Å². The highest BCUT2D eigenvalue weighted by Crippen LogP contribution is 2.27. The molecule has 1 aromatic rings. The minimum atomic E-state index is -0.0906. The number of rotatable bonds is 7. The molecule has 0 radical (unpaired) electrons. The highest BCUT2D eigenvalue weighted by Gasteiger charge is 2.07. The second-order valence-electron chi connectivity index (χ2n) is 3.64. The lowest BCUT2D eigenvalue weighted by molar-refractivity contribution is -0.116. The lowest BCUT2D eigenvalue weighted by Gasteiger charge is -2.10. The topological polar surface area (TPSA) is 50.4 Å². The standard InChI is InChI=1S/C13H17ClN2O2/c1-3-7-15-8-6-13(17)16-11-9-10(14)4-5-12(11)18-2/h3-5,9,15H,1,6-8H2,2H3,(H,16,17). The van der Waals surface area contributed by atoms with Gasteiger partial charge in [-0.3, -0.25) is 4.79 Å². The molecule has 0 aliphatic rings. The summed E-state index contributed by atoms with van der Waals surface area (Å²) in [4.78, 5) is 11.7. The van der Waals surface area contributed by atoms with Crippen molar-refractivity contribution in [3.8, 4) is 5.75 Å². The molecule has 0 aromatic heterocycles. The third kappa shape index (κ3) is 4.77. The van der Waals surface area contributed by atoms with Crippen molar-refractivity contribution in [2.75, 3.05) is 25.5 Å². The SMILES string of the molecule is C=CCNCCC(=O)Nc1cc(Cl)ccc1OC. The van der Waals surface area contributed by atoms with Crippen LogP contribution in [0.2, 0.25) is 5.02 Å². The number of ether oxygens (including phenoxy) is 1. The number of halogens is 1. The molecule has 98 valence electrons. The van der Waals surface area contributed by atoms with Crippen LogP contribution in [0.4, 0.5) is 5.69 Å². The van der Waals surface area contributed by atoms with E-state index in [1.165, 1.54) is 0 Å². The van der Waals surface area contributed by atoms with Gasteiger partial charge in [0.15, 0.2) is 0 Å². The normalized spacial score (nSPS) is 9.89. The molecule has 1 rings (SSSR count). The molecule has 0 aliphatic carbocycles. The fourth-order valence-electron chi connectivity index (χ4n) is 1.40. The molecule has 0 saturated carbocycles. The van der Waals surface area contributed by atoms with E-state index in [9.17, 15) is 4.79 Å².